The summed E-state index contributed by atoms with van der Waals surface area (Å²) in [6.45, 7) is 3.03. The highest BCUT2D eigenvalue weighted by Gasteiger charge is 2.19. The van der Waals surface area contributed by atoms with E-state index >= 15 is 0 Å². The van der Waals surface area contributed by atoms with Gasteiger partial charge in [0.2, 0.25) is 0 Å². The summed E-state index contributed by atoms with van der Waals surface area (Å²) in [5.74, 6) is -0.101. The number of piperidine rings is 1. The quantitative estimate of drug-likeness (QED) is 0.903. The number of carboxylic acid groups (broad SMARTS) is 1. The molecule has 0 bridgehead atoms. The second-order valence-electron chi connectivity index (χ2n) is 5.16. The van der Waals surface area contributed by atoms with Gasteiger partial charge in [-0.15, -0.1) is 0 Å². The number of carboxylic acids is 1. The maximum absolute atomic E-state index is 10.6. The highest BCUT2D eigenvalue weighted by Crippen LogP contribution is 2.23. The molecule has 1 aliphatic rings. The Labute approximate surface area is 122 Å². The van der Waals surface area contributed by atoms with Crippen LogP contribution < -0.4 is 0 Å². The molecule has 1 fully saturated rings. The van der Waals surface area contributed by atoms with E-state index < -0.39 is 5.97 Å². The van der Waals surface area contributed by atoms with E-state index in [1.165, 1.54) is 5.56 Å². The molecule has 19 heavy (non-hydrogen) atoms. The molecule has 4 nitrogen and oxygen atoms in total. The zero-order valence-electron chi connectivity index (χ0n) is 10.9. The molecule has 1 aromatic heterocycles. The van der Waals surface area contributed by atoms with Crippen LogP contribution in [0.2, 0.25) is 0 Å². The number of hydrogen-bond donors (Lipinski definition) is 1. The first-order chi connectivity index (χ1) is 9.13. The van der Waals surface area contributed by atoms with Crippen LogP contribution in [0.15, 0.2) is 22.9 Å². The summed E-state index contributed by atoms with van der Waals surface area (Å²) in [5.41, 5.74) is 1.22. The normalized spacial score (nSPS) is 17.5. The fourth-order valence-electron chi connectivity index (χ4n) is 2.56. The van der Waals surface area contributed by atoms with Gasteiger partial charge in [0, 0.05) is 29.8 Å². The van der Waals surface area contributed by atoms with Gasteiger partial charge >= 0.3 is 5.97 Å². The molecule has 2 rings (SSSR count). The molecule has 0 unspecified atom stereocenters. The third kappa shape index (κ3) is 4.91. The van der Waals surface area contributed by atoms with Crippen LogP contribution in [0.25, 0.3) is 0 Å². The maximum atomic E-state index is 10.6. The maximum Gasteiger partial charge on any atom is 0.303 e. The van der Waals surface area contributed by atoms with E-state index in [2.05, 4.69) is 31.9 Å². The molecule has 1 aromatic rings. The summed E-state index contributed by atoms with van der Waals surface area (Å²) in [5, 5.41) is 8.70. The lowest BCUT2D eigenvalue weighted by Crippen LogP contribution is -2.33. The second-order valence-corrected chi connectivity index (χ2v) is 6.08. The number of aliphatic carboxylic acids is 1. The van der Waals surface area contributed by atoms with Crippen molar-refractivity contribution in [3.63, 3.8) is 0 Å². The Bertz CT molecular complexity index is 431. The molecule has 0 radical (unpaired) electrons. The number of halogens is 1. The molecule has 0 aromatic carbocycles. The zero-order valence-corrected chi connectivity index (χ0v) is 12.5. The van der Waals surface area contributed by atoms with E-state index in [1.807, 2.05) is 6.20 Å². The van der Waals surface area contributed by atoms with Gasteiger partial charge in [0.1, 0.15) is 0 Å². The van der Waals surface area contributed by atoms with Gasteiger partial charge in [-0.3, -0.25) is 14.7 Å². The number of pyridine rings is 1. The number of carbonyl (C=O) groups is 1. The van der Waals surface area contributed by atoms with Crippen molar-refractivity contribution in [2.24, 2.45) is 5.92 Å². The Morgan fingerprint density at radius 3 is 2.79 bits per heavy atom. The minimum atomic E-state index is -0.678. The Morgan fingerprint density at radius 2 is 2.16 bits per heavy atom. The molecule has 1 saturated heterocycles. The van der Waals surface area contributed by atoms with Gasteiger partial charge in [0.15, 0.2) is 0 Å². The first-order valence-corrected chi connectivity index (χ1v) is 7.46. The van der Waals surface area contributed by atoms with Crippen molar-refractivity contribution in [2.75, 3.05) is 13.1 Å². The van der Waals surface area contributed by atoms with Crippen molar-refractivity contribution in [1.82, 2.24) is 9.88 Å². The van der Waals surface area contributed by atoms with Gasteiger partial charge in [0.05, 0.1) is 0 Å². The van der Waals surface area contributed by atoms with Crippen LogP contribution in [0.4, 0.5) is 0 Å². The Morgan fingerprint density at radius 1 is 1.42 bits per heavy atom. The first kappa shape index (κ1) is 14.5. The summed E-state index contributed by atoms with van der Waals surface area (Å²) in [6, 6.07) is 2.10. The molecular weight excluding hydrogens is 308 g/mol. The van der Waals surface area contributed by atoms with Crippen LogP contribution in [0, 0.1) is 5.92 Å². The van der Waals surface area contributed by atoms with Crippen molar-refractivity contribution < 1.29 is 9.90 Å². The van der Waals surface area contributed by atoms with E-state index in [9.17, 15) is 4.79 Å². The van der Waals surface area contributed by atoms with Crippen molar-refractivity contribution in [1.29, 1.82) is 0 Å². The fraction of sp³-hybridized carbons (Fsp3) is 0.571. The van der Waals surface area contributed by atoms with Crippen LogP contribution in [0.3, 0.4) is 0 Å². The molecule has 104 valence electrons. The molecule has 0 amide bonds. The third-order valence-corrected chi connectivity index (χ3v) is 4.07. The predicted octanol–water partition coefficient (Wildman–Crippen LogP) is 2.92. The van der Waals surface area contributed by atoms with Gasteiger partial charge in [-0.2, -0.15) is 0 Å². The largest absolute Gasteiger partial charge is 0.481 e. The van der Waals surface area contributed by atoms with Gasteiger partial charge in [-0.1, -0.05) is 0 Å². The Kier molecular flexibility index (Phi) is 5.34. The van der Waals surface area contributed by atoms with Crippen molar-refractivity contribution >= 4 is 21.9 Å². The fourth-order valence-corrected chi connectivity index (χ4v) is 2.97. The standard InChI is InChI=1S/C14H19BrN2O2/c15-13-7-12(8-16-9-13)10-17-5-3-11(4-6-17)1-2-14(18)19/h7-9,11H,1-6,10H2,(H,18,19). The smallest absolute Gasteiger partial charge is 0.303 e. The van der Waals surface area contributed by atoms with Crippen LogP contribution in [-0.4, -0.2) is 34.0 Å². The third-order valence-electron chi connectivity index (χ3n) is 3.64. The molecular formula is C14H19BrN2O2. The topological polar surface area (TPSA) is 53.4 Å². The average molecular weight is 327 g/mol. The highest BCUT2D eigenvalue weighted by atomic mass is 79.9. The lowest BCUT2D eigenvalue weighted by atomic mass is 9.92. The summed E-state index contributed by atoms with van der Waals surface area (Å²) in [7, 11) is 0. The highest BCUT2D eigenvalue weighted by molar-refractivity contribution is 9.10. The van der Waals surface area contributed by atoms with E-state index in [1.54, 1.807) is 6.20 Å². The van der Waals surface area contributed by atoms with Gasteiger partial charge in [0.25, 0.3) is 0 Å². The molecule has 5 heteroatoms. The molecule has 1 aliphatic heterocycles. The lowest BCUT2D eigenvalue weighted by molar-refractivity contribution is -0.137. The van der Waals surface area contributed by atoms with E-state index in [4.69, 9.17) is 5.11 Å². The van der Waals surface area contributed by atoms with Crippen LogP contribution in [-0.2, 0) is 11.3 Å². The average Bonchev–Trinajstić information content (AvgIpc) is 2.38. The molecule has 0 saturated carbocycles. The zero-order chi connectivity index (χ0) is 13.7. The Balaban J connectivity index is 1.75. The summed E-state index contributed by atoms with van der Waals surface area (Å²) in [4.78, 5) is 17.1. The lowest BCUT2D eigenvalue weighted by Gasteiger charge is -2.31. The van der Waals surface area contributed by atoms with Crippen molar-refractivity contribution in [3.8, 4) is 0 Å². The van der Waals surface area contributed by atoms with E-state index in [0.717, 1.165) is 43.4 Å². The van der Waals surface area contributed by atoms with Crippen LogP contribution >= 0.6 is 15.9 Å². The number of nitrogens with zero attached hydrogens (tertiary/aromatic N) is 2. The van der Waals surface area contributed by atoms with Crippen molar-refractivity contribution in [2.45, 2.75) is 32.2 Å². The Hall–Kier alpha value is -0.940. The molecule has 1 N–H and O–H groups in total. The number of likely N-dealkylation sites (tertiary alicyclic amines) is 1. The van der Waals surface area contributed by atoms with Crippen LogP contribution in [0.5, 0.6) is 0 Å². The number of aromatic nitrogens is 1. The second kappa shape index (κ2) is 7.01. The summed E-state index contributed by atoms with van der Waals surface area (Å²) >= 11 is 3.43. The monoisotopic (exact) mass is 326 g/mol. The SMILES string of the molecule is O=C(O)CCC1CCN(Cc2cncc(Br)c2)CC1. The minimum Gasteiger partial charge on any atom is -0.481 e. The number of hydrogen-bond acceptors (Lipinski definition) is 3. The predicted molar refractivity (Wildman–Crippen MR) is 76.8 cm³/mol. The summed E-state index contributed by atoms with van der Waals surface area (Å²) in [6.07, 6.45) is 7.04. The van der Waals surface area contributed by atoms with Gasteiger partial charge in [-0.25, -0.2) is 0 Å². The van der Waals surface area contributed by atoms with E-state index in [0.29, 0.717) is 12.3 Å². The molecule has 0 aliphatic carbocycles. The van der Waals surface area contributed by atoms with Crippen molar-refractivity contribution in [3.05, 3.63) is 28.5 Å². The minimum absolute atomic E-state index is 0.306. The number of rotatable bonds is 5. The molecule has 2 heterocycles. The molecule has 0 atom stereocenters. The van der Waals surface area contributed by atoms with Crippen LogP contribution in [0.1, 0.15) is 31.2 Å². The molecule has 0 spiro atoms. The summed E-state index contributed by atoms with van der Waals surface area (Å²) < 4.78 is 1.02. The van der Waals surface area contributed by atoms with E-state index in [-0.39, 0.29) is 0 Å². The van der Waals surface area contributed by atoms with Gasteiger partial charge < -0.3 is 5.11 Å². The van der Waals surface area contributed by atoms with Gasteiger partial charge in [-0.05, 0) is 65.8 Å². The first-order valence-electron chi connectivity index (χ1n) is 6.67.